The van der Waals surface area contributed by atoms with Gasteiger partial charge in [-0.25, -0.2) is 5.48 Å². The summed E-state index contributed by atoms with van der Waals surface area (Å²) in [6, 6.07) is 0. The van der Waals surface area contributed by atoms with Crippen LogP contribution in [-0.4, -0.2) is 35.2 Å². The van der Waals surface area contributed by atoms with Crippen LogP contribution in [-0.2, 0) is 0 Å². The van der Waals surface area contributed by atoms with E-state index >= 15 is 0 Å². The highest BCUT2D eigenvalue weighted by Gasteiger charge is 2.02. The maximum atomic E-state index is 8.35. The summed E-state index contributed by atoms with van der Waals surface area (Å²) in [6.45, 7) is 0.0150. The lowest BCUT2D eigenvalue weighted by Gasteiger charge is -2.06. The maximum Gasteiger partial charge on any atom is 0.0494 e. The molecule has 0 bridgehead atoms. The Labute approximate surface area is 47.7 Å². The zero-order valence-electron chi connectivity index (χ0n) is 4.54. The Morgan fingerprint density at radius 3 is 1.88 bits per heavy atom. The maximum absolute atomic E-state index is 8.35. The molecule has 50 valence electrons. The first-order valence-corrected chi connectivity index (χ1v) is 2.43. The first-order valence-electron chi connectivity index (χ1n) is 2.43. The number of rotatable bonds is 4. The number of hydroxylamine groups is 1. The standard InChI is InChI=1S/C4H11NO3/c6-2-4(3-7)1-5-8/h4-8H,1-3H2. The number of nitrogens with one attached hydrogen (secondary N) is 1. The predicted molar refractivity (Wildman–Crippen MR) is 27.5 cm³/mol. The molecule has 0 aliphatic heterocycles. The van der Waals surface area contributed by atoms with E-state index in [1.54, 1.807) is 0 Å². The fraction of sp³-hybridized carbons (Fsp3) is 1.00. The highest BCUT2D eigenvalue weighted by atomic mass is 16.5. The molecular formula is C4H11NO3. The predicted octanol–water partition coefficient (Wildman–Crippen LogP) is -1.43. The minimum Gasteiger partial charge on any atom is -0.396 e. The fourth-order valence-corrected chi connectivity index (χ4v) is 0.316. The van der Waals surface area contributed by atoms with E-state index < -0.39 is 0 Å². The molecule has 0 heterocycles. The van der Waals surface area contributed by atoms with Crippen LogP contribution in [0.1, 0.15) is 0 Å². The van der Waals surface area contributed by atoms with Crippen molar-refractivity contribution >= 4 is 0 Å². The van der Waals surface area contributed by atoms with E-state index in [4.69, 9.17) is 15.4 Å². The van der Waals surface area contributed by atoms with Crippen molar-refractivity contribution in [2.45, 2.75) is 0 Å². The largest absolute Gasteiger partial charge is 0.396 e. The SMILES string of the molecule is OCC(CO)CNO. The molecule has 0 spiro atoms. The smallest absolute Gasteiger partial charge is 0.0494 e. The topological polar surface area (TPSA) is 72.7 Å². The van der Waals surface area contributed by atoms with E-state index in [-0.39, 0.29) is 25.7 Å². The number of hydrogen-bond donors (Lipinski definition) is 4. The lowest BCUT2D eigenvalue weighted by atomic mass is 10.2. The van der Waals surface area contributed by atoms with Crippen LogP contribution >= 0.6 is 0 Å². The minimum atomic E-state index is -0.250. The van der Waals surface area contributed by atoms with Crippen molar-refractivity contribution in [3.05, 3.63) is 0 Å². The summed E-state index contributed by atoms with van der Waals surface area (Å²) in [5.74, 6) is -0.250. The van der Waals surface area contributed by atoms with E-state index in [2.05, 4.69) is 0 Å². The van der Waals surface area contributed by atoms with Gasteiger partial charge in [-0.2, -0.15) is 0 Å². The second-order valence-corrected chi connectivity index (χ2v) is 1.59. The van der Waals surface area contributed by atoms with Gasteiger partial charge in [0.25, 0.3) is 0 Å². The molecule has 4 heteroatoms. The summed E-state index contributed by atoms with van der Waals surface area (Å²) in [4.78, 5) is 0. The van der Waals surface area contributed by atoms with Crippen molar-refractivity contribution in [2.75, 3.05) is 19.8 Å². The van der Waals surface area contributed by atoms with Crippen molar-refractivity contribution in [2.24, 2.45) is 5.92 Å². The van der Waals surface area contributed by atoms with Crippen molar-refractivity contribution in [1.29, 1.82) is 0 Å². The van der Waals surface area contributed by atoms with Gasteiger partial charge in [-0.1, -0.05) is 0 Å². The normalized spacial score (nSPS) is 10.5. The Kier molecular flexibility index (Phi) is 4.89. The monoisotopic (exact) mass is 121 g/mol. The molecule has 0 fully saturated rings. The lowest BCUT2D eigenvalue weighted by molar-refractivity contribution is 0.0929. The Morgan fingerprint density at radius 1 is 1.25 bits per heavy atom. The second kappa shape index (κ2) is 4.99. The molecule has 0 unspecified atom stereocenters. The van der Waals surface area contributed by atoms with Crippen molar-refractivity contribution < 1.29 is 15.4 Å². The Bertz CT molecular complexity index is 46.5. The van der Waals surface area contributed by atoms with Gasteiger partial charge in [-0.3, -0.25) is 0 Å². The molecule has 0 aliphatic carbocycles. The van der Waals surface area contributed by atoms with Crippen molar-refractivity contribution in [3.8, 4) is 0 Å². The molecule has 0 radical (unpaired) electrons. The van der Waals surface area contributed by atoms with Crippen molar-refractivity contribution in [1.82, 2.24) is 5.48 Å². The number of aliphatic hydroxyl groups excluding tert-OH is 2. The van der Waals surface area contributed by atoms with Crippen LogP contribution in [0.4, 0.5) is 0 Å². The van der Waals surface area contributed by atoms with E-state index in [0.717, 1.165) is 0 Å². The van der Waals surface area contributed by atoms with Gasteiger partial charge in [0.2, 0.25) is 0 Å². The Hall–Kier alpha value is -0.160. The molecule has 0 saturated carbocycles. The highest BCUT2D eigenvalue weighted by molar-refractivity contribution is 4.53. The molecule has 4 N–H and O–H groups in total. The van der Waals surface area contributed by atoms with Crippen LogP contribution in [0.25, 0.3) is 0 Å². The third kappa shape index (κ3) is 2.92. The minimum absolute atomic E-state index is 0.107. The molecular weight excluding hydrogens is 110 g/mol. The van der Waals surface area contributed by atoms with Crippen LogP contribution in [0, 0.1) is 5.92 Å². The summed E-state index contributed by atoms with van der Waals surface area (Å²) < 4.78 is 0. The summed E-state index contributed by atoms with van der Waals surface area (Å²) >= 11 is 0. The van der Waals surface area contributed by atoms with Gasteiger partial charge in [0, 0.05) is 25.7 Å². The summed E-state index contributed by atoms with van der Waals surface area (Å²) in [6.07, 6.45) is 0. The molecule has 0 aliphatic rings. The van der Waals surface area contributed by atoms with Crippen LogP contribution in [0.5, 0.6) is 0 Å². The van der Waals surface area contributed by atoms with E-state index in [1.165, 1.54) is 0 Å². The third-order valence-electron chi connectivity index (χ3n) is 0.896. The molecule has 8 heavy (non-hydrogen) atoms. The van der Waals surface area contributed by atoms with E-state index in [0.29, 0.717) is 0 Å². The molecule has 0 rings (SSSR count). The first kappa shape index (κ1) is 7.84. The zero-order valence-corrected chi connectivity index (χ0v) is 4.54. The van der Waals surface area contributed by atoms with Gasteiger partial charge in [-0.05, 0) is 0 Å². The molecule has 0 amide bonds. The first-order chi connectivity index (χ1) is 3.85. The van der Waals surface area contributed by atoms with Crippen LogP contribution in [0.2, 0.25) is 0 Å². The van der Waals surface area contributed by atoms with E-state index in [9.17, 15) is 0 Å². The summed E-state index contributed by atoms with van der Waals surface area (Å²) in [5.41, 5.74) is 1.85. The van der Waals surface area contributed by atoms with Gasteiger partial charge in [0.05, 0.1) is 0 Å². The average molecular weight is 121 g/mol. The lowest BCUT2D eigenvalue weighted by Crippen LogP contribution is -2.24. The van der Waals surface area contributed by atoms with Gasteiger partial charge in [-0.15, -0.1) is 0 Å². The molecule has 0 aromatic rings. The summed E-state index contributed by atoms with van der Waals surface area (Å²) in [7, 11) is 0. The van der Waals surface area contributed by atoms with E-state index in [1.807, 2.05) is 5.48 Å². The fourth-order valence-electron chi connectivity index (χ4n) is 0.316. The van der Waals surface area contributed by atoms with Crippen molar-refractivity contribution in [3.63, 3.8) is 0 Å². The summed E-state index contributed by atoms with van der Waals surface area (Å²) in [5, 5.41) is 24.7. The molecule has 0 aromatic carbocycles. The molecule has 0 aromatic heterocycles. The second-order valence-electron chi connectivity index (χ2n) is 1.59. The third-order valence-corrected chi connectivity index (χ3v) is 0.896. The Balaban J connectivity index is 3.07. The van der Waals surface area contributed by atoms with Gasteiger partial charge in [0.1, 0.15) is 0 Å². The molecule has 0 saturated heterocycles. The van der Waals surface area contributed by atoms with Crippen LogP contribution in [0.3, 0.4) is 0 Å². The number of aliphatic hydroxyl groups is 2. The molecule has 0 atom stereocenters. The Morgan fingerprint density at radius 2 is 1.75 bits per heavy atom. The van der Waals surface area contributed by atoms with Gasteiger partial charge < -0.3 is 15.4 Å². The van der Waals surface area contributed by atoms with Gasteiger partial charge >= 0.3 is 0 Å². The average Bonchev–Trinajstić information content (AvgIpc) is 1.83. The van der Waals surface area contributed by atoms with Gasteiger partial charge in [0.15, 0.2) is 0 Å². The number of hydrogen-bond acceptors (Lipinski definition) is 4. The van der Waals surface area contributed by atoms with Crippen LogP contribution < -0.4 is 5.48 Å². The quantitative estimate of drug-likeness (QED) is 0.344. The molecule has 4 nitrogen and oxygen atoms in total. The zero-order chi connectivity index (χ0) is 6.41. The highest BCUT2D eigenvalue weighted by Crippen LogP contribution is 1.87. The van der Waals surface area contributed by atoms with Crippen LogP contribution in [0.15, 0.2) is 0 Å².